The number of aliphatic hydroxyl groups is 1. The lowest BCUT2D eigenvalue weighted by Crippen LogP contribution is -2.42. The van der Waals surface area contributed by atoms with Crippen LogP contribution in [0.15, 0.2) is 24.3 Å². The number of carboxylic acids is 1. The van der Waals surface area contributed by atoms with Crippen LogP contribution in [0.1, 0.15) is 18.9 Å². The van der Waals surface area contributed by atoms with Crippen LogP contribution in [0.2, 0.25) is 0 Å². The third kappa shape index (κ3) is 1.55. The molecule has 2 N–H and O–H groups in total. The monoisotopic (exact) mass is 222 g/mol. The summed E-state index contributed by atoms with van der Waals surface area (Å²) in [5, 5.41) is 19.5. The molecule has 2 rings (SSSR count). The van der Waals surface area contributed by atoms with Gasteiger partial charge in [-0.05, 0) is 13.0 Å². The van der Waals surface area contributed by atoms with Gasteiger partial charge in [-0.15, -0.1) is 0 Å². The zero-order chi connectivity index (χ0) is 11.8. The highest BCUT2D eigenvalue weighted by molar-refractivity contribution is 5.72. The lowest BCUT2D eigenvalue weighted by molar-refractivity contribution is -0.154. The molecule has 0 saturated heterocycles. The summed E-state index contributed by atoms with van der Waals surface area (Å²) in [6, 6.07) is 7.03. The van der Waals surface area contributed by atoms with E-state index in [0.29, 0.717) is 24.3 Å². The Balaban J connectivity index is 2.48. The van der Waals surface area contributed by atoms with Crippen molar-refractivity contribution in [3.05, 3.63) is 29.8 Å². The number of para-hydroxylation sites is 1. The van der Waals surface area contributed by atoms with Gasteiger partial charge in [0.15, 0.2) is 0 Å². The molecule has 1 aliphatic rings. The van der Waals surface area contributed by atoms with E-state index in [4.69, 9.17) is 9.84 Å². The van der Waals surface area contributed by atoms with Gasteiger partial charge < -0.3 is 14.9 Å². The molecule has 0 radical (unpaired) electrons. The third-order valence-corrected chi connectivity index (χ3v) is 3.18. The molecule has 2 unspecified atom stereocenters. The second-order valence-electron chi connectivity index (χ2n) is 4.08. The fourth-order valence-corrected chi connectivity index (χ4v) is 2.06. The molecule has 86 valence electrons. The number of hydrogen-bond donors (Lipinski definition) is 2. The van der Waals surface area contributed by atoms with Crippen LogP contribution in [0.5, 0.6) is 5.75 Å². The number of ether oxygens (including phenoxy) is 1. The minimum Gasteiger partial charge on any atom is -0.493 e. The molecule has 0 bridgehead atoms. The molecule has 1 aromatic rings. The summed E-state index contributed by atoms with van der Waals surface area (Å²) in [6.45, 7) is 1.86. The highest BCUT2D eigenvalue weighted by Gasteiger charge is 2.43. The number of rotatable bonds is 2. The van der Waals surface area contributed by atoms with Crippen molar-refractivity contribution < 1.29 is 19.7 Å². The zero-order valence-corrected chi connectivity index (χ0v) is 9.01. The summed E-state index contributed by atoms with van der Waals surface area (Å²) in [7, 11) is 0. The average Bonchev–Trinajstić information content (AvgIpc) is 2.28. The van der Waals surface area contributed by atoms with Gasteiger partial charge in [-0.1, -0.05) is 18.2 Å². The Morgan fingerprint density at radius 3 is 2.88 bits per heavy atom. The Morgan fingerprint density at radius 2 is 2.19 bits per heavy atom. The van der Waals surface area contributed by atoms with Crippen LogP contribution in [0.4, 0.5) is 0 Å². The molecule has 0 fully saturated rings. The van der Waals surface area contributed by atoms with E-state index in [-0.39, 0.29) is 0 Å². The van der Waals surface area contributed by atoms with Crippen molar-refractivity contribution in [1.82, 2.24) is 0 Å². The van der Waals surface area contributed by atoms with Crippen molar-refractivity contribution in [1.29, 1.82) is 0 Å². The largest absolute Gasteiger partial charge is 0.493 e. The van der Waals surface area contributed by atoms with Crippen molar-refractivity contribution >= 4 is 5.97 Å². The van der Waals surface area contributed by atoms with E-state index in [1.54, 1.807) is 24.3 Å². The number of carboxylic acid groups (broad SMARTS) is 1. The summed E-state index contributed by atoms with van der Waals surface area (Å²) < 4.78 is 5.40. The fourth-order valence-electron chi connectivity index (χ4n) is 2.06. The molecule has 0 aliphatic carbocycles. The molecule has 0 amide bonds. The molecule has 1 heterocycles. The van der Waals surface area contributed by atoms with Crippen molar-refractivity contribution in [3.63, 3.8) is 0 Å². The number of carbonyl (C=O) groups is 1. The van der Waals surface area contributed by atoms with E-state index in [0.717, 1.165) is 0 Å². The molecule has 1 aromatic carbocycles. The number of hydrogen-bond acceptors (Lipinski definition) is 3. The van der Waals surface area contributed by atoms with E-state index in [1.807, 2.05) is 0 Å². The highest BCUT2D eigenvalue weighted by atomic mass is 16.5. The van der Waals surface area contributed by atoms with Gasteiger partial charge in [0.2, 0.25) is 0 Å². The highest BCUT2D eigenvalue weighted by Crippen LogP contribution is 2.41. The third-order valence-electron chi connectivity index (χ3n) is 3.18. The van der Waals surface area contributed by atoms with Crippen LogP contribution in [0.3, 0.4) is 0 Å². The summed E-state index contributed by atoms with van der Waals surface area (Å²) >= 11 is 0. The normalized spacial score (nSPS) is 25.4. The van der Waals surface area contributed by atoms with Gasteiger partial charge in [0.25, 0.3) is 0 Å². The van der Waals surface area contributed by atoms with Gasteiger partial charge in [-0.2, -0.15) is 0 Å². The Morgan fingerprint density at radius 1 is 1.50 bits per heavy atom. The van der Waals surface area contributed by atoms with Crippen LogP contribution in [0, 0.1) is 5.92 Å². The van der Waals surface area contributed by atoms with E-state index in [2.05, 4.69) is 0 Å². The van der Waals surface area contributed by atoms with Crippen LogP contribution >= 0.6 is 0 Å². The average molecular weight is 222 g/mol. The topological polar surface area (TPSA) is 66.8 Å². The molecule has 0 spiro atoms. The molecule has 1 aliphatic heterocycles. The Hall–Kier alpha value is -1.55. The lowest BCUT2D eigenvalue weighted by Gasteiger charge is -2.37. The first kappa shape index (κ1) is 11.0. The number of aliphatic carboxylic acids is 1. The number of benzene rings is 1. The SMILES string of the molecule is CC(C(=O)O)C1(O)CCOc2ccccc21. The maximum absolute atomic E-state index is 11.0. The summed E-state index contributed by atoms with van der Waals surface area (Å²) in [6.07, 6.45) is 0.303. The van der Waals surface area contributed by atoms with Crippen LogP contribution < -0.4 is 4.74 Å². The van der Waals surface area contributed by atoms with Crippen molar-refractivity contribution in [2.24, 2.45) is 5.92 Å². The van der Waals surface area contributed by atoms with Crippen molar-refractivity contribution in [2.45, 2.75) is 18.9 Å². The summed E-state index contributed by atoms with van der Waals surface area (Å²) in [5.74, 6) is -1.28. The predicted octanol–water partition coefficient (Wildman–Crippen LogP) is 1.38. The molecule has 16 heavy (non-hydrogen) atoms. The van der Waals surface area contributed by atoms with Crippen LogP contribution in [-0.4, -0.2) is 22.8 Å². The van der Waals surface area contributed by atoms with Crippen LogP contribution in [-0.2, 0) is 10.4 Å². The van der Waals surface area contributed by atoms with Crippen molar-refractivity contribution in [3.8, 4) is 5.75 Å². The quantitative estimate of drug-likeness (QED) is 0.793. The van der Waals surface area contributed by atoms with Gasteiger partial charge in [-0.3, -0.25) is 4.79 Å². The second-order valence-corrected chi connectivity index (χ2v) is 4.08. The van der Waals surface area contributed by atoms with Crippen LogP contribution in [0.25, 0.3) is 0 Å². The minimum absolute atomic E-state index is 0.303. The smallest absolute Gasteiger partial charge is 0.309 e. The summed E-state index contributed by atoms with van der Waals surface area (Å²) in [4.78, 5) is 11.0. The lowest BCUT2D eigenvalue weighted by atomic mass is 9.78. The molecular weight excluding hydrogens is 208 g/mol. The minimum atomic E-state index is -1.33. The Bertz CT molecular complexity index is 415. The maximum Gasteiger partial charge on any atom is 0.309 e. The predicted molar refractivity (Wildman–Crippen MR) is 57.3 cm³/mol. The number of fused-ring (bicyclic) bond motifs is 1. The maximum atomic E-state index is 11.0. The first-order valence-electron chi connectivity index (χ1n) is 5.23. The second kappa shape index (κ2) is 3.79. The zero-order valence-electron chi connectivity index (χ0n) is 9.01. The first-order valence-corrected chi connectivity index (χ1v) is 5.23. The van der Waals surface area contributed by atoms with E-state index in [1.165, 1.54) is 6.92 Å². The summed E-state index contributed by atoms with van der Waals surface area (Å²) in [5.41, 5.74) is -0.767. The van der Waals surface area contributed by atoms with E-state index in [9.17, 15) is 9.90 Å². The Kier molecular flexibility index (Phi) is 2.59. The van der Waals surface area contributed by atoms with Crippen molar-refractivity contribution in [2.75, 3.05) is 6.61 Å². The Labute approximate surface area is 93.5 Å². The fraction of sp³-hybridized carbons (Fsp3) is 0.417. The van der Waals surface area contributed by atoms with Gasteiger partial charge in [0.05, 0.1) is 12.5 Å². The van der Waals surface area contributed by atoms with Gasteiger partial charge in [-0.25, -0.2) is 0 Å². The molecule has 4 heteroatoms. The van der Waals surface area contributed by atoms with E-state index < -0.39 is 17.5 Å². The van der Waals surface area contributed by atoms with E-state index >= 15 is 0 Å². The van der Waals surface area contributed by atoms with Gasteiger partial charge in [0.1, 0.15) is 11.4 Å². The molecule has 0 saturated carbocycles. The van der Waals surface area contributed by atoms with Gasteiger partial charge in [0, 0.05) is 12.0 Å². The first-order chi connectivity index (χ1) is 7.55. The molecule has 2 atom stereocenters. The molecular formula is C12H14O4. The molecule has 4 nitrogen and oxygen atoms in total. The van der Waals surface area contributed by atoms with Gasteiger partial charge >= 0.3 is 5.97 Å². The standard InChI is InChI=1S/C12H14O4/c1-8(11(13)14)12(15)6-7-16-10-5-3-2-4-9(10)12/h2-5,8,15H,6-7H2,1H3,(H,13,14). The molecule has 0 aromatic heterocycles.